The molecule has 0 aliphatic rings. The lowest BCUT2D eigenvalue weighted by molar-refractivity contribution is 0.363. The van der Waals surface area contributed by atoms with Gasteiger partial charge in [-0.2, -0.15) is 0 Å². The number of hydrogen-bond acceptors (Lipinski definition) is 0. The molecule has 0 fully saturated rings. The standard InChI is InChI=1S/C8H18.C6H14/c1-5-6-7-8(2,3)4;1-3-5-6-4-2/h5-7H2,1-4H3;3-6H2,1-2H3. The van der Waals surface area contributed by atoms with Crippen molar-refractivity contribution in [2.45, 2.75) is 86.5 Å². The SMILES string of the molecule is CCCCC(C)(C)C.CCCCCC. The minimum absolute atomic E-state index is 0.552. The van der Waals surface area contributed by atoms with Crippen molar-refractivity contribution in [1.82, 2.24) is 0 Å². The average molecular weight is 200 g/mol. The van der Waals surface area contributed by atoms with E-state index >= 15 is 0 Å². The van der Waals surface area contributed by atoms with E-state index in [0.717, 1.165) is 0 Å². The molecule has 0 heterocycles. The van der Waals surface area contributed by atoms with E-state index in [1.807, 2.05) is 0 Å². The molecular weight excluding hydrogens is 168 g/mol. The number of unbranched alkanes of at least 4 members (excludes halogenated alkanes) is 4. The Morgan fingerprint density at radius 1 is 0.643 bits per heavy atom. The van der Waals surface area contributed by atoms with Crippen LogP contribution in [0.2, 0.25) is 0 Å². The van der Waals surface area contributed by atoms with Crippen molar-refractivity contribution in [3.05, 3.63) is 0 Å². The third kappa shape index (κ3) is 22.7. The van der Waals surface area contributed by atoms with Crippen LogP contribution in [-0.2, 0) is 0 Å². The van der Waals surface area contributed by atoms with Gasteiger partial charge < -0.3 is 0 Å². The van der Waals surface area contributed by atoms with Gasteiger partial charge in [-0.05, 0) is 11.8 Å². The Morgan fingerprint density at radius 2 is 1.00 bits per heavy atom. The molecule has 0 radical (unpaired) electrons. The van der Waals surface area contributed by atoms with Crippen LogP contribution in [0, 0.1) is 5.41 Å². The highest BCUT2D eigenvalue weighted by atomic mass is 14.1. The highest BCUT2D eigenvalue weighted by molar-refractivity contribution is 4.59. The Labute approximate surface area is 92.5 Å². The van der Waals surface area contributed by atoms with Gasteiger partial charge in [-0.1, -0.05) is 80.1 Å². The minimum atomic E-state index is 0.552. The van der Waals surface area contributed by atoms with Gasteiger partial charge in [-0.3, -0.25) is 0 Å². The van der Waals surface area contributed by atoms with E-state index in [1.54, 1.807) is 0 Å². The Morgan fingerprint density at radius 3 is 1.14 bits per heavy atom. The van der Waals surface area contributed by atoms with Crippen molar-refractivity contribution in [2.75, 3.05) is 0 Å². The van der Waals surface area contributed by atoms with Crippen LogP contribution in [0.4, 0.5) is 0 Å². The van der Waals surface area contributed by atoms with E-state index in [9.17, 15) is 0 Å². The van der Waals surface area contributed by atoms with Crippen LogP contribution in [0.25, 0.3) is 0 Å². The predicted molar refractivity (Wildman–Crippen MR) is 68.8 cm³/mol. The van der Waals surface area contributed by atoms with E-state index in [2.05, 4.69) is 41.5 Å². The van der Waals surface area contributed by atoms with Crippen molar-refractivity contribution >= 4 is 0 Å². The number of rotatable bonds is 5. The Kier molecular flexibility index (Phi) is 13.0. The molecule has 0 aliphatic carbocycles. The molecular formula is C14H32. The van der Waals surface area contributed by atoms with E-state index in [0.29, 0.717) is 5.41 Å². The summed E-state index contributed by atoms with van der Waals surface area (Å²) in [5.74, 6) is 0. The normalized spacial score (nSPS) is 10.7. The molecule has 0 saturated heterocycles. The van der Waals surface area contributed by atoms with Gasteiger partial charge in [-0.15, -0.1) is 0 Å². The van der Waals surface area contributed by atoms with Gasteiger partial charge in [0.25, 0.3) is 0 Å². The molecule has 0 aliphatic heterocycles. The first-order chi connectivity index (χ1) is 6.47. The van der Waals surface area contributed by atoms with E-state index in [1.165, 1.54) is 44.9 Å². The maximum absolute atomic E-state index is 2.29. The van der Waals surface area contributed by atoms with Gasteiger partial charge >= 0.3 is 0 Å². The lowest BCUT2D eigenvalue weighted by atomic mass is 9.90. The van der Waals surface area contributed by atoms with Crippen LogP contribution in [0.15, 0.2) is 0 Å². The highest BCUT2D eigenvalue weighted by Crippen LogP contribution is 2.20. The molecule has 88 valence electrons. The largest absolute Gasteiger partial charge is 0.0654 e. The molecule has 0 nitrogen and oxygen atoms in total. The first-order valence-corrected chi connectivity index (χ1v) is 6.47. The summed E-state index contributed by atoms with van der Waals surface area (Å²) >= 11 is 0. The van der Waals surface area contributed by atoms with Gasteiger partial charge in [0.15, 0.2) is 0 Å². The van der Waals surface area contributed by atoms with Crippen LogP contribution < -0.4 is 0 Å². The second-order valence-corrected chi connectivity index (χ2v) is 5.37. The zero-order chi connectivity index (χ0) is 11.4. The fourth-order valence-electron chi connectivity index (χ4n) is 1.21. The maximum atomic E-state index is 2.29. The monoisotopic (exact) mass is 200 g/mol. The lowest BCUT2D eigenvalue weighted by Crippen LogP contribution is -2.03. The zero-order valence-corrected chi connectivity index (χ0v) is 11.4. The zero-order valence-electron chi connectivity index (χ0n) is 11.4. The topological polar surface area (TPSA) is 0 Å². The third-order valence-electron chi connectivity index (χ3n) is 2.24. The lowest BCUT2D eigenvalue weighted by Gasteiger charge is -2.16. The van der Waals surface area contributed by atoms with Crippen molar-refractivity contribution in [2.24, 2.45) is 5.41 Å². The molecule has 0 amide bonds. The molecule has 0 rings (SSSR count). The number of hydrogen-bond donors (Lipinski definition) is 0. The molecule has 0 unspecified atom stereocenters. The van der Waals surface area contributed by atoms with E-state index < -0.39 is 0 Å². The Balaban J connectivity index is 0. The molecule has 0 aromatic carbocycles. The molecule has 0 N–H and O–H groups in total. The summed E-state index contributed by atoms with van der Waals surface area (Å²) in [5, 5.41) is 0. The minimum Gasteiger partial charge on any atom is -0.0654 e. The summed E-state index contributed by atoms with van der Waals surface area (Å²) in [6, 6.07) is 0. The van der Waals surface area contributed by atoms with Gasteiger partial charge in [0, 0.05) is 0 Å². The quantitative estimate of drug-likeness (QED) is 0.491. The molecule has 14 heavy (non-hydrogen) atoms. The van der Waals surface area contributed by atoms with Gasteiger partial charge in [0.1, 0.15) is 0 Å². The summed E-state index contributed by atoms with van der Waals surface area (Å²) in [6.45, 7) is 13.6. The second-order valence-electron chi connectivity index (χ2n) is 5.37. The van der Waals surface area contributed by atoms with Crippen LogP contribution in [-0.4, -0.2) is 0 Å². The molecule has 0 atom stereocenters. The smallest absolute Gasteiger partial charge is 0.0383 e. The summed E-state index contributed by atoms with van der Waals surface area (Å²) in [5.41, 5.74) is 0.552. The molecule has 0 aromatic rings. The molecule has 0 bridgehead atoms. The van der Waals surface area contributed by atoms with Crippen LogP contribution >= 0.6 is 0 Å². The summed E-state index contributed by atoms with van der Waals surface area (Å²) in [7, 11) is 0. The summed E-state index contributed by atoms with van der Waals surface area (Å²) in [6.07, 6.45) is 9.61. The molecule has 0 spiro atoms. The van der Waals surface area contributed by atoms with Gasteiger partial charge in [0.2, 0.25) is 0 Å². The van der Waals surface area contributed by atoms with Crippen molar-refractivity contribution < 1.29 is 0 Å². The van der Waals surface area contributed by atoms with E-state index in [-0.39, 0.29) is 0 Å². The van der Waals surface area contributed by atoms with Crippen LogP contribution in [0.5, 0.6) is 0 Å². The predicted octanol–water partition coefficient (Wildman–Crippen LogP) is 5.81. The van der Waals surface area contributed by atoms with Crippen LogP contribution in [0.3, 0.4) is 0 Å². The van der Waals surface area contributed by atoms with E-state index in [4.69, 9.17) is 0 Å². The molecule has 0 heteroatoms. The first kappa shape index (κ1) is 16.4. The van der Waals surface area contributed by atoms with Gasteiger partial charge in [-0.25, -0.2) is 0 Å². The third-order valence-corrected chi connectivity index (χ3v) is 2.24. The second kappa shape index (κ2) is 11.1. The fraction of sp³-hybridized carbons (Fsp3) is 1.00. The van der Waals surface area contributed by atoms with Gasteiger partial charge in [0.05, 0.1) is 0 Å². The van der Waals surface area contributed by atoms with Crippen molar-refractivity contribution in [3.63, 3.8) is 0 Å². The van der Waals surface area contributed by atoms with Crippen molar-refractivity contribution in [1.29, 1.82) is 0 Å². The average Bonchev–Trinajstić information content (AvgIpc) is 2.11. The van der Waals surface area contributed by atoms with Crippen LogP contribution in [0.1, 0.15) is 86.5 Å². The highest BCUT2D eigenvalue weighted by Gasteiger charge is 2.07. The summed E-state index contributed by atoms with van der Waals surface area (Å²) < 4.78 is 0. The molecule has 0 saturated carbocycles. The summed E-state index contributed by atoms with van der Waals surface area (Å²) in [4.78, 5) is 0. The Bertz CT molecular complexity index is 82.7. The maximum Gasteiger partial charge on any atom is -0.0383 e. The van der Waals surface area contributed by atoms with Crippen molar-refractivity contribution in [3.8, 4) is 0 Å². The fourth-order valence-corrected chi connectivity index (χ4v) is 1.21. The molecule has 0 aromatic heterocycles. The first-order valence-electron chi connectivity index (χ1n) is 6.47. The Hall–Kier alpha value is 0.